The molecule has 0 saturated carbocycles. The summed E-state index contributed by atoms with van der Waals surface area (Å²) in [4.78, 5) is 66.9. The minimum atomic E-state index is -0.611. The molecular weight excluding hydrogens is 693 g/mol. The zero-order chi connectivity index (χ0) is 35.4. The largest absolute Gasteiger partial charge is 0.324 e. The second-order valence-electron chi connectivity index (χ2n) is 11.2. The number of anilines is 2. The molecule has 3 N–H and O–H groups in total. The lowest BCUT2D eigenvalue weighted by atomic mass is 9.83. The van der Waals surface area contributed by atoms with Crippen molar-refractivity contribution in [3.63, 3.8) is 0 Å². The van der Waals surface area contributed by atoms with Gasteiger partial charge in [-0.3, -0.25) is 24.0 Å². The van der Waals surface area contributed by atoms with Crippen molar-refractivity contribution >= 4 is 81.7 Å². The summed E-state index contributed by atoms with van der Waals surface area (Å²) in [6.45, 7) is 1.72. The number of hydrogen-bond donors (Lipinski definition) is 3. The Balaban J connectivity index is 1.14. The third-order valence-electron chi connectivity index (χ3n) is 7.82. The highest BCUT2D eigenvalue weighted by Gasteiger charge is 2.32. The second kappa shape index (κ2) is 15.0. The highest BCUT2D eigenvalue weighted by molar-refractivity contribution is 8.00. The van der Waals surface area contributed by atoms with Crippen LogP contribution in [0.5, 0.6) is 0 Å². The van der Waals surface area contributed by atoms with Crippen molar-refractivity contribution in [2.75, 3.05) is 10.6 Å². The molecule has 8 nitrogen and oxygen atoms in total. The average molecular weight is 721 g/mol. The maximum atomic E-state index is 13.5. The number of hydrogen-bond acceptors (Lipinski definition) is 6. The van der Waals surface area contributed by atoms with E-state index in [1.807, 2.05) is 0 Å². The van der Waals surface area contributed by atoms with E-state index in [4.69, 9.17) is 23.2 Å². The van der Waals surface area contributed by atoms with Gasteiger partial charge in [-0.1, -0.05) is 83.9 Å². The number of benzene rings is 5. The quantitative estimate of drug-likeness (QED) is 0.102. The van der Waals surface area contributed by atoms with Crippen LogP contribution in [0.3, 0.4) is 0 Å². The molecule has 0 aromatic heterocycles. The summed E-state index contributed by atoms with van der Waals surface area (Å²) in [5.74, 6) is -2.06. The van der Waals surface area contributed by atoms with Gasteiger partial charge in [0, 0.05) is 48.4 Å². The van der Waals surface area contributed by atoms with Crippen LogP contribution in [0.25, 0.3) is 6.08 Å². The molecule has 0 spiro atoms. The van der Waals surface area contributed by atoms with Gasteiger partial charge in [0.05, 0.1) is 16.5 Å². The Bertz CT molecular complexity index is 2180. The van der Waals surface area contributed by atoms with Crippen LogP contribution in [0.4, 0.5) is 11.4 Å². The van der Waals surface area contributed by atoms with Gasteiger partial charge in [-0.2, -0.15) is 0 Å². The van der Waals surface area contributed by atoms with Crippen molar-refractivity contribution in [2.45, 2.75) is 17.1 Å². The van der Waals surface area contributed by atoms with E-state index in [0.29, 0.717) is 38.0 Å². The van der Waals surface area contributed by atoms with E-state index in [1.54, 1.807) is 122 Å². The summed E-state index contributed by atoms with van der Waals surface area (Å²) in [7, 11) is 0. The van der Waals surface area contributed by atoms with Gasteiger partial charge in [0.2, 0.25) is 5.91 Å². The number of fused-ring (bicyclic) bond motifs is 2. The molecule has 1 aliphatic rings. The van der Waals surface area contributed by atoms with Crippen LogP contribution in [-0.4, -0.2) is 34.5 Å². The monoisotopic (exact) mass is 719 g/mol. The summed E-state index contributed by atoms with van der Waals surface area (Å²) < 4.78 is 0. The first-order chi connectivity index (χ1) is 24.1. The molecular formula is C39H27Cl2N3O5S. The molecule has 1 atom stereocenters. The van der Waals surface area contributed by atoms with Crippen molar-refractivity contribution < 1.29 is 24.0 Å². The van der Waals surface area contributed by atoms with Crippen molar-refractivity contribution in [1.29, 1.82) is 0 Å². The van der Waals surface area contributed by atoms with Crippen molar-refractivity contribution in [1.82, 2.24) is 5.32 Å². The SMILES string of the molecule is CC(Sc1ccc(NC(=O)/C(=C/c2c(Cl)cccc2Cl)NC(=O)c2ccccc2)cc1)C(=O)Nc1cccc2c1C(=O)c1ccccc1C2=O. The van der Waals surface area contributed by atoms with E-state index in [-0.39, 0.29) is 40.0 Å². The summed E-state index contributed by atoms with van der Waals surface area (Å²) >= 11 is 14.0. The summed E-state index contributed by atoms with van der Waals surface area (Å²) in [5, 5.41) is 8.28. The van der Waals surface area contributed by atoms with E-state index < -0.39 is 17.1 Å². The normalized spacial score (nSPS) is 12.7. The van der Waals surface area contributed by atoms with Crippen LogP contribution < -0.4 is 16.0 Å². The summed E-state index contributed by atoms with van der Waals surface area (Å²) in [6, 6.07) is 31.6. The van der Waals surface area contributed by atoms with Gasteiger partial charge < -0.3 is 16.0 Å². The molecule has 248 valence electrons. The first-order valence-corrected chi connectivity index (χ1v) is 17.0. The molecule has 6 rings (SSSR count). The zero-order valence-electron chi connectivity index (χ0n) is 26.3. The lowest BCUT2D eigenvalue weighted by Crippen LogP contribution is -2.30. The molecule has 0 fully saturated rings. The predicted octanol–water partition coefficient (Wildman–Crippen LogP) is 8.30. The fourth-order valence-corrected chi connectivity index (χ4v) is 6.67. The van der Waals surface area contributed by atoms with Crippen LogP contribution in [0.1, 0.15) is 54.7 Å². The predicted molar refractivity (Wildman–Crippen MR) is 197 cm³/mol. The average Bonchev–Trinajstić information content (AvgIpc) is 3.12. The highest BCUT2D eigenvalue weighted by atomic mass is 35.5. The fraction of sp³-hybridized carbons (Fsp3) is 0.0513. The van der Waals surface area contributed by atoms with E-state index in [1.165, 1.54) is 17.8 Å². The topological polar surface area (TPSA) is 121 Å². The Morgan fingerprint density at radius 3 is 1.96 bits per heavy atom. The first kappa shape index (κ1) is 34.4. The lowest BCUT2D eigenvalue weighted by Gasteiger charge is -2.21. The molecule has 1 aliphatic carbocycles. The number of halogens is 2. The maximum absolute atomic E-state index is 13.5. The lowest BCUT2D eigenvalue weighted by molar-refractivity contribution is -0.115. The number of nitrogens with one attached hydrogen (secondary N) is 3. The van der Waals surface area contributed by atoms with Gasteiger partial charge in [-0.25, -0.2) is 0 Å². The Kier molecular flexibility index (Phi) is 10.3. The Hall–Kier alpha value is -5.48. The molecule has 0 aliphatic heterocycles. The molecule has 5 aromatic carbocycles. The number of ketones is 2. The van der Waals surface area contributed by atoms with Gasteiger partial charge in [0.15, 0.2) is 11.6 Å². The van der Waals surface area contributed by atoms with Gasteiger partial charge in [0.25, 0.3) is 11.8 Å². The zero-order valence-corrected chi connectivity index (χ0v) is 28.7. The van der Waals surface area contributed by atoms with Gasteiger partial charge in [-0.15, -0.1) is 11.8 Å². The van der Waals surface area contributed by atoms with Crippen LogP contribution in [-0.2, 0) is 9.59 Å². The van der Waals surface area contributed by atoms with E-state index >= 15 is 0 Å². The van der Waals surface area contributed by atoms with E-state index in [2.05, 4.69) is 16.0 Å². The molecule has 50 heavy (non-hydrogen) atoms. The van der Waals surface area contributed by atoms with Crippen molar-refractivity contribution in [3.05, 3.63) is 164 Å². The molecule has 0 saturated heterocycles. The van der Waals surface area contributed by atoms with E-state index in [0.717, 1.165) is 4.90 Å². The first-order valence-electron chi connectivity index (χ1n) is 15.3. The summed E-state index contributed by atoms with van der Waals surface area (Å²) in [6.07, 6.45) is 1.41. The molecule has 0 heterocycles. The Labute approximate surface area is 301 Å². The fourth-order valence-electron chi connectivity index (χ4n) is 5.29. The van der Waals surface area contributed by atoms with Gasteiger partial charge >= 0.3 is 0 Å². The Morgan fingerprint density at radius 1 is 0.680 bits per heavy atom. The number of amides is 3. The number of rotatable bonds is 9. The molecule has 0 radical (unpaired) electrons. The third kappa shape index (κ3) is 7.40. The highest BCUT2D eigenvalue weighted by Crippen LogP contribution is 2.33. The third-order valence-corrected chi connectivity index (χ3v) is 9.59. The number of carbonyl (C=O) groups is 5. The number of thioether (sulfide) groups is 1. The van der Waals surface area contributed by atoms with Crippen molar-refractivity contribution in [2.24, 2.45) is 0 Å². The van der Waals surface area contributed by atoms with Gasteiger partial charge in [0.1, 0.15) is 5.70 Å². The minimum absolute atomic E-state index is 0.0793. The molecule has 0 bridgehead atoms. The van der Waals surface area contributed by atoms with Crippen LogP contribution in [0.15, 0.2) is 126 Å². The number of carbonyl (C=O) groups excluding carboxylic acids is 5. The minimum Gasteiger partial charge on any atom is -0.324 e. The van der Waals surface area contributed by atoms with Crippen LogP contribution in [0.2, 0.25) is 10.0 Å². The standard InChI is InChI=1S/C39H27Cl2N3O5S/c1-22(37(47)43-32-16-7-13-28-34(32)36(46)27-12-6-5-11-26(27)35(28)45)50-25-19-17-24(18-20-25)42-39(49)33(21-29-30(40)14-8-15-31(29)41)44-38(48)23-9-3-2-4-10-23/h2-22H,1H3,(H,42,49)(H,43,47)(H,44,48)/b33-21-. The van der Waals surface area contributed by atoms with Crippen LogP contribution in [0, 0.1) is 0 Å². The molecule has 5 aromatic rings. The van der Waals surface area contributed by atoms with Crippen molar-refractivity contribution in [3.8, 4) is 0 Å². The Morgan fingerprint density at radius 2 is 1.28 bits per heavy atom. The molecule has 3 amide bonds. The second-order valence-corrected chi connectivity index (χ2v) is 13.4. The molecule has 11 heteroatoms. The van der Waals surface area contributed by atoms with Gasteiger partial charge in [-0.05, 0) is 67.6 Å². The van der Waals surface area contributed by atoms with E-state index in [9.17, 15) is 24.0 Å². The van der Waals surface area contributed by atoms with Crippen LogP contribution >= 0.6 is 35.0 Å². The maximum Gasteiger partial charge on any atom is 0.272 e. The smallest absolute Gasteiger partial charge is 0.272 e. The molecule has 1 unspecified atom stereocenters. The summed E-state index contributed by atoms with van der Waals surface area (Å²) in [5.41, 5.74) is 2.40.